The van der Waals surface area contributed by atoms with E-state index in [0.29, 0.717) is 16.7 Å². The second kappa shape index (κ2) is 6.60. The number of carbonyl (C=O) groups is 2. The summed E-state index contributed by atoms with van der Waals surface area (Å²) in [4.78, 5) is 27.5. The number of thiophene rings is 1. The number of allylic oxidation sites excluding steroid dienone is 1. The standard InChI is InChI=1S/C30H19NO3SSi/c1-36(2)25-9-5-7-19-18-6-3-4-8-23(18)31(27(19)25)30-26(36)14-17(35-30)13-22-28(32)20-12-16-10-11-34-24(16)15-21(20)29(22)33/h3-15H,1-2H3/b22-13-. The van der Waals surface area contributed by atoms with E-state index in [2.05, 4.69) is 66.2 Å². The summed E-state index contributed by atoms with van der Waals surface area (Å²) in [5.74, 6) is -0.439. The van der Waals surface area contributed by atoms with E-state index in [1.807, 2.05) is 6.07 Å². The van der Waals surface area contributed by atoms with Crippen molar-refractivity contribution in [3.05, 3.63) is 94.6 Å². The third kappa shape index (κ3) is 2.38. The Morgan fingerprint density at radius 2 is 1.64 bits per heavy atom. The molecule has 0 amide bonds. The van der Waals surface area contributed by atoms with Gasteiger partial charge in [0, 0.05) is 32.2 Å². The Hall–Kier alpha value is -4.00. The van der Waals surface area contributed by atoms with Crippen LogP contribution in [0.3, 0.4) is 0 Å². The quantitative estimate of drug-likeness (QED) is 0.153. The summed E-state index contributed by atoms with van der Waals surface area (Å²) in [6.45, 7) is 4.78. The Labute approximate surface area is 211 Å². The first-order chi connectivity index (χ1) is 17.4. The second-order valence-corrected chi connectivity index (χ2v) is 15.5. The molecule has 6 heteroatoms. The number of para-hydroxylation sites is 2. The minimum absolute atomic E-state index is 0.210. The van der Waals surface area contributed by atoms with Gasteiger partial charge in [-0.15, -0.1) is 11.3 Å². The number of hydrogen-bond donors (Lipinski definition) is 0. The number of hydrogen-bond acceptors (Lipinski definition) is 4. The minimum atomic E-state index is -2.00. The van der Waals surface area contributed by atoms with Crippen LogP contribution in [0.1, 0.15) is 25.6 Å². The van der Waals surface area contributed by atoms with Gasteiger partial charge < -0.3 is 8.98 Å². The molecule has 0 radical (unpaired) electrons. The second-order valence-electron chi connectivity index (χ2n) is 10.1. The number of aromatic nitrogens is 1. The number of furan rings is 1. The maximum atomic E-state index is 13.3. The van der Waals surface area contributed by atoms with Crippen LogP contribution in [-0.4, -0.2) is 24.2 Å². The maximum absolute atomic E-state index is 13.3. The van der Waals surface area contributed by atoms with E-state index >= 15 is 0 Å². The molecule has 0 fully saturated rings. The van der Waals surface area contributed by atoms with Crippen molar-refractivity contribution in [1.29, 1.82) is 0 Å². The first-order valence-corrected chi connectivity index (χ1v) is 15.7. The van der Waals surface area contributed by atoms with E-state index < -0.39 is 8.07 Å². The van der Waals surface area contributed by atoms with Crippen LogP contribution in [0, 0.1) is 0 Å². The molecule has 4 nitrogen and oxygen atoms in total. The zero-order valence-electron chi connectivity index (χ0n) is 19.6. The molecule has 6 aromatic rings. The summed E-state index contributed by atoms with van der Waals surface area (Å²) < 4.78 is 7.86. The first kappa shape index (κ1) is 20.2. The normalized spacial score (nSPS) is 17.0. The fraction of sp³-hybridized carbons (Fsp3) is 0.0667. The molecule has 0 spiro atoms. The largest absolute Gasteiger partial charge is 0.464 e. The summed E-state index contributed by atoms with van der Waals surface area (Å²) in [5.41, 5.74) is 4.23. The monoisotopic (exact) mass is 501 g/mol. The Balaban J connectivity index is 1.35. The molecule has 0 bridgehead atoms. The molecule has 36 heavy (non-hydrogen) atoms. The van der Waals surface area contributed by atoms with Crippen molar-refractivity contribution in [2.45, 2.75) is 13.1 Å². The Bertz CT molecular complexity index is 1960. The van der Waals surface area contributed by atoms with E-state index in [1.54, 1.807) is 35.8 Å². The van der Waals surface area contributed by atoms with Crippen molar-refractivity contribution in [2.24, 2.45) is 0 Å². The summed E-state index contributed by atoms with van der Waals surface area (Å²) in [7, 11) is -2.00. The number of rotatable bonds is 1. The van der Waals surface area contributed by atoms with E-state index in [-0.39, 0.29) is 17.1 Å². The molecule has 8 rings (SSSR count). The van der Waals surface area contributed by atoms with Crippen LogP contribution in [0.25, 0.3) is 43.9 Å². The van der Waals surface area contributed by atoms with Crippen LogP contribution in [0.5, 0.6) is 0 Å². The fourth-order valence-corrected chi connectivity index (χ4v) is 10.9. The highest BCUT2D eigenvalue weighted by Crippen LogP contribution is 2.39. The smallest absolute Gasteiger partial charge is 0.197 e. The predicted octanol–water partition coefficient (Wildman–Crippen LogP) is 6.19. The lowest BCUT2D eigenvalue weighted by molar-refractivity contribution is 0.0990. The van der Waals surface area contributed by atoms with Crippen LogP contribution in [0.4, 0.5) is 0 Å². The molecule has 0 unspecified atom stereocenters. The van der Waals surface area contributed by atoms with Crippen LogP contribution in [-0.2, 0) is 0 Å². The van der Waals surface area contributed by atoms with E-state index in [1.165, 1.54) is 37.2 Å². The third-order valence-electron chi connectivity index (χ3n) is 7.83. The topological polar surface area (TPSA) is 52.2 Å². The molecular formula is C30H19NO3SSi. The molecule has 1 aliphatic heterocycles. The summed E-state index contributed by atoms with van der Waals surface area (Å²) >= 11 is 1.67. The molecule has 4 heterocycles. The number of fused-ring (bicyclic) bond motifs is 7. The van der Waals surface area contributed by atoms with Gasteiger partial charge in [-0.1, -0.05) is 49.5 Å². The zero-order chi connectivity index (χ0) is 24.3. The van der Waals surface area contributed by atoms with Crippen LogP contribution >= 0.6 is 11.3 Å². The van der Waals surface area contributed by atoms with Gasteiger partial charge in [-0.2, -0.15) is 0 Å². The third-order valence-corrected chi connectivity index (χ3v) is 12.6. The Kier molecular flexibility index (Phi) is 3.71. The van der Waals surface area contributed by atoms with Gasteiger partial charge in [0.25, 0.3) is 0 Å². The lowest BCUT2D eigenvalue weighted by Gasteiger charge is -2.30. The molecule has 3 aromatic heterocycles. The first-order valence-electron chi connectivity index (χ1n) is 11.9. The highest BCUT2D eigenvalue weighted by atomic mass is 32.1. The van der Waals surface area contributed by atoms with Gasteiger partial charge in [0.05, 0.1) is 22.9 Å². The average molecular weight is 502 g/mol. The van der Waals surface area contributed by atoms with Crippen molar-refractivity contribution in [3.8, 4) is 5.00 Å². The molecule has 0 saturated carbocycles. The number of nitrogens with zero attached hydrogens (tertiary/aromatic N) is 1. The van der Waals surface area contributed by atoms with Gasteiger partial charge in [-0.25, -0.2) is 0 Å². The van der Waals surface area contributed by atoms with Crippen LogP contribution in [0.15, 0.2) is 83.0 Å². The van der Waals surface area contributed by atoms with Gasteiger partial charge >= 0.3 is 0 Å². The highest BCUT2D eigenvalue weighted by molar-refractivity contribution is 7.19. The average Bonchev–Trinajstić information content (AvgIpc) is 3.63. The fourth-order valence-electron chi connectivity index (χ4n) is 6.02. The SMILES string of the molecule is C[Si]1(C)c2cc(/C=C3/C(=O)c4cc5ccoc5cc4C3=O)sc2-n2c3ccccc3c3cccc1c32. The molecule has 0 N–H and O–H groups in total. The van der Waals surface area contributed by atoms with Gasteiger partial charge in [0.1, 0.15) is 18.7 Å². The van der Waals surface area contributed by atoms with E-state index in [9.17, 15) is 9.59 Å². The van der Waals surface area contributed by atoms with Gasteiger partial charge in [0.2, 0.25) is 0 Å². The van der Waals surface area contributed by atoms with Gasteiger partial charge in [-0.05, 0) is 46.8 Å². The lowest BCUT2D eigenvalue weighted by Crippen LogP contribution is -2.56. The Morgan fingerprint density at radius 3 is 2.50 bits per heavy atom. The van der Waals surface area contributed by atoms with Crippen molar-refractivity contribution >= 4 is 80.2 Å². The zero-order valence-corrected chi connectivity index (χ0v) is 21.4. The molecule has 2 aliphatic rings. The van der Waals surface area contributed by atoms with Crippen molar-refractivity contribution in [3.63, 3.8) is 0 Å². The van der Waals surface area contributed by atoms with Gasteiger partial charge in [0.15, 0.2) is 11.6 Å². The van der Waals surface area contributed by atoms with Crippen molar-refractivity contribution < 1.29 is 14.0 Å². The molecule has 1 aliphatic carbocycles. The molecule has 172 valence electrons. The van der Waals surface area contributed by atoms with Crippen molar-refractivity contribution in [2.75, 3.05) is 0 Å². The predicted molar refractivity (Wildman–Crippen MR) is 148 cm³/mol. The molecule has 0 atom stereocenters. The number of carbonyl (C=O) groups excluding carboxylic acids is 2. The minimum Gasteiger partial charge on any atom is -0.464 e. The van der Waals surface area contributed by atoms with E-state index in [4.69, 9.17) is 4.42 Å². The molecule has 0 saturated heterocycles. The van der Waals surface area contributed by atoms with E-state index in [0.717, 1.165) is 10.3 Å². The number of ketones is 2. The summed E-state index contributed by atoms with van der Waals surface area (Å²) in [5, 5.41) is 7.33. The lowest BCUT2D eigenvalue weighted by atomic mass is 10.1. The van der Waals surface area contributed by atoms with Crippen molar-refractivity contribution in [1.82, 2.24) is 4.57 Å². The van der Waals surface area contributed by atoms with Crippen LogP contribution in [0.2, 0.25) is 13.1 Å². The molecule has 3 aromatic carbocycles. The summed E-state index contributed by atoms with van der Waals surface area (Å²) in [6, 6.07) is 22.7. The Morgan fingerprint density at radius 1 is 0.861 bits per heavy atom. The maximum Gasteiger partial charge on any atom is 0.197 e. The van der Waals surface area contributed by atoms with Crippen LogP contribution < -0.4 is 10.4 Å². The number of Topliss-reactive ketones (excluding diaryl/α,β-unsaturated/α-hetero) is 2. The summed E-state index contributed by atoms with van der Waals surface area (Å²) in [6.07, 6.45) is 3.38. The number of benzene rings is 3. The molecular weight excluding hydrogens is 482 g/mol. The van der Waals surface area contributed by atoms with Gasteiger partial charge in [-0.3, -0.25) is 9.59 Å². The highest BCUT2D eigenvalue weighted by Gasteiger charge is 2.39.